The molecule has 0 unspecified atom stereocenters. The molecule has 0 spiro atoms. The maximum absolute atomic E-state index is 12.2. The van der Waals surface area contributed by atoms with E-state index in [0.717, 1.165) is 5.56 Å². The minimum Gasteiger partial charge on any atom is -0.484 e. The summed E-state index contributed by atoms with van der Waals surface area (Å²) in [6.07, 6.45) is -0.984. The number of aliphatic hydroxyl groups is 2. The Bertz CT molecular complexity index is 935. The molecule has 1 aromatic heterocycles. The van der Waals surface area contributed by atoms with E-state index in [-0.39, 0.29) is 38.1 Å². The van der Waals surface area contributed by atoms with Gasteiger partial charge in [0.1, 0.15) is 17.0 Å². The van der Waals surface area contributed by atoms with Gasteiger partial charge in [-0.1, -0.05) is 12.1 Å². The quantitative estimate of drug-likeness (QED) is 0.475. The molecule has 0 bridgehead atoms. The van der Waals surface area contributed by atoms with Gasteiger partial charge in [0.2, 0.25) is 0 Å². The van der Waals surface area contributed by atoms with E-state index in [4.69, 9.17) is 9.47 Å². The van der Waals surface area contributed by atoms with Crippen LogP contribution in [0.1, 0.15) is 16.1 Å². The second-order valence-corrected chi connectivity index (χ2v) is 8.99. The molecule has 2 fully saturated rings. The van der Waals surface area contributed by atoms with Crippen LogP contribution in [0.4, 0.5) is 0 Å². The van der Waals surface area contributed by atoms with E-state index < -0.39 is 11.7 Å². The van der Waals surface area contributed by atoms with E-state index in [2.05, 4.69) is 10.3 Å². The van der Waals surface area contributed by atoms with Crippen LogP contribution in [-0.4, -0.2) is 101 Å². The van der Waals surface area contributed by atoms with Gasteiger partial charge in [0.15, 0.2) is 6.61 Å². The fraction of sp³-hybridized carbons (Fsp3) is 0.500. The predicted molar refractivity (Wildman–Crippen MR) is 120 cm³/mol. The number of carbonyl (C=O) groups is 2. The molecule has 10 nitrogen and oxygen atoms in total. The number of morpholine rings is 1. The van der Waals surface area contributed by atoms with Crippen LogP contribution >= 0.6 is 11.3 Å². The standard InChI is InChI=1S/C22H28N4O6S/c27-19-10-25(14-22(19,30)13-23-21(29)18-12-33-15-24-18)9-16-1-3-17(4-2-16)32-11-20(28)26-5-7-31-8-6-26/h1-4,12,15,19,27,30H,5-11,13-14H2,(H,23,29)/t19-,22+/m1/s1. The molecule has 0 aliphatic carbocycles. The Labute approximate surface area is 195 Å². The number of hydrogen-bond acceptors (Lipinski definition) is 9. The van der Waals surface area contributed by atoms with Crippen LogP contribution in [0.15, 0.2) is 35.2 Å². The maximum Gasteiger partial charge on any atom is 0.270 e. The molecule has 4 rings (SSSR count). The summed E-state index contributed by atoms with van der Waals surface area (Å²) in [4.78, 5) is 31.9. The van der Waals surface area contributed by atoms with Gasteiger partial charge in [0, 0.05) is 38.1 Å². The zero-order valence-electron chi connectivity index (χ0n) is 18.2. The van der Waals surface area contributed by atoms with Crippen LogP contribution in [0, 0.1) is 0 Å². The van der Waals surface area contributed by atoms with Gasteiger partial charge < -0.3 is 29.9 Å². The number of amides is 2. The number of aliphatic hydroxyl groups excluding tert-OH is 1. The van der Waals surface area contributed by atoms with Gasteiger partial charge >= 0.3 is 0 Å². The number of thiazole rings is 1. The molecule has 2 aromatic rings. The molecule has 2 atom stereocenters. The Kier molecular flexibility index (Phi) is 7.56. The molecule has 3 heterocycles. The summed E-state index contributed by atoms with van der Waals surface area (Å²) in [5.74, 6) is 0.163. The van der Waals surface area contributed by atoms with Gasteiger partial charge in [-0.2, -0.15) is 0 Å². The van der Waals surface area contributed by atoms with Crippen molar-refractivity contribution in [1.29, 1.82) is 0 Å². The van der Waals surface area contributed by atoms with Crippen molar-refractivity contribution in [1.82, 2.24) is 20.1 Å². The van der Waals surface area contributed by atoms with Crippen LogP contribution in [0.2, 0.25) is 0 Å². The first kappa shape index (κ1) is 23.6. The largest absolute Gasteiger partial charge is 0.484 e. The molecule has 0 saturated carbocycles. The van der Waals surface area contributed by atoms with Crippen LogP contribution in [0.25, 0.3) is 0 Å². The molecule has 11 heteroatoms. The van der Waals surface area contributed by atoms with Crippen molar-refractivity contribution < 1.29 is 29.3 Å². The highest BCUT2D eigenvalue weighted by Crippen LogP contribution is 2.24. The number of benzene rings is 1. The van der Waals surface area contributed by atoms with E-state index in [1.165, 1.54) is 11.3 Å². The lowest BCUT2D eigenvalue weighted by molar-refractivity contribution is -0.137. The zero-order valence-corrected chi connectivity index (χ0v) is 19.0. The van der Waals surface area contributed by atoms with Gasteiger partial charge in [-0.25, -0.2) is 4.98 Å². The second-order valence-electron chi connectivity index (χ2n) is 8.27. The summed E-state index contributed by atoms with van der Waals surface area (Å²) < 4.78 is 10.9. The highest BCUT2D eigenvalue weighted by Gasteiger charge is 2.44. The van der Waals surface area contributed by atoms with Gasteiger partial charge in [-0.05, 0) is 17.7 Å². The van der Waals surface area contributed by atoms with Crippen LogP contribution in [0.5, 0.6) is 5.75 Å². The Morgan fingerprint density at radius 2 is 2.03 bits per heavy atom. The van der Waals surface area contributed by atoms with Gasteiger partial charge in [0.05, 0.1) is 31.4 Å². The first-order valence-corrected chi connectivity index (χ1v) is 11.7. The maximum atomic E-state index is 12.2. The molecule has 33 heavy (non-hydrogen) atoms. The second kappa shape index (κ2) is 10.6. The Hall–Kier alpha value is -2.57. The highest BCUT2D eigenvalue weighted by atomic mass is 32.1. The molecule has 1 aromatic carbocycles. The normalized spacial score (nSPS) is 23.5. The topological polar surface area (TPSA) is 124 Å². The first-order valence-electron chi connectivity index (χ1n) is 10.8. The SMILES string of the molecule is O=C(NC[C@]1(O)CN(Cc2ccc(OCC(=O)N3CCOCC3)cc2)C[C@H]1O)c1cscn1. The number of hydrogen-bond donors (Lipinski definition) is 3. The van der Waals surface area contributed by atoms with E-state index in [9.17, 15) is 19.8 Å². The van der Waals surface area contributed by atoms with Crippen molar-refractivity contribution in [3.05, 3.63) is 46.4 Å². The number of nitrogens with one attached hydrogen (secondary N) is 1. The third kappa shape index (κ3) is 6.06. The zero-order chi connectivity index (χ0) is 23.3. The number of ether oxygens (including phenoxy) is 2. The Balaban J connectivity index is 1.24. The molecular formula is C22H28N4O6S. The molecule has 2 aliphatic rings. The number of β-amino-alcohol motifs (C(OH)–C–C–N with tert-alkyl or cyclic N) is 2. The number of aromatic nitrogens is 1. The lowest BCUT2D eigenvalue weighted by atomic mass is 10.0. The van der Waals surface area contributed by atoms with Crippen molar-refractivity contribution in [2.75, 3.05) is 52.5 Å². The van der Waals surface area contributed by atoms with Gasteiger partial charge in [0.25, 0.3) is 11.8 Å². The summed E-state index contributed by atoms with van der Waals surface area (Å²) >= 11 is 1.31. The smallest absolute Gasteiger partial charge is 0.270 e. The van der Waals surface area contributed by atoms with Gasteiger partial charge in [-0.3, -0.25) is 14.5 Å². The fourth-order valence-corrected chi connectivity index (χ4v) is 4.44. The number of nitrogens with zero attached hydrogens (tertiary/aromatic N) is 3. The average molecular weight is 477 g/mol. The first-order chi connectivity index (χ1) is 15.9. The summed E-state index contributed by atoms with van der Waals surface area (Å²) in [6.45, 7) is 3.23. The van der Waals surface area contributed by atoms with Crippen molar-refractivity contribution in [3.8, 4) is 5.75 Å². The molecule has 2 saturated heterocycles. The van der Waals surface area contributed by atoms with Crippen molar-refractivity contribution >= 4 is 23.2 Å². The third-order valence-corrected chi connectivity index (χ3v) is 6.41. The predicted octanol–water partition coefficient (Wildman–Crippen LogP) is -0.282. The minimum absolute atomic E-state index is 0.0165. The molecular weight excluding hydrogens is 448 g/mol. The van der Waals surface area contributed by atoms with E-state index in [1.807, 2.05) is 17.0 Å². The lowest BCUT2D eigenvalue weighted by Crippen LogP contribution is -2.51. The van der Waals surface area contributed by atoms with E-state index in [0.29, 0.717) is 44.3 Å². The molecule has 2 aliphatic heterocycles. The van der Waals surface area contributed by atoms with Crippen molar-refractivity contribution in [2.45, 2.75) is 18.2 Å². The summed E-state index contributed by atoms with van der Waals surface area (Å²) in [5.41, 5.74) is 1.40. The summed E-state index contributed by atoms with van der Waals surface area (Å²) in [7, 11) is 0. The number of likely N-dealkylation sites (tertiary alicyclic amines) is 1. The molecule has 178 valence electrons. The Morgan fingerprint density at radius 3 is 2.73 bits per heavy atom. The van der Waals surface area contributed by atoms with Crippen LogP contribution in [0.3, 0.4) is 0 Å². The third-order valence-electron chi connectivity index (χ3n) is 5.82. The molecule has 0 radical (unpaired) electrons. The number of carbonyl (C=O) groups excluding carboxylic acids is 2. The Morgan fingerprint density at radius 1 is 1.27 bits per heavy atom. The van der Waals surface area contributed by atoms with Gasteiger partial charge in [-0.15, -0.1) is 11.3 Å². The molecule has 3 N–H and O–H groups in total. The fourth-order valence-electron chi connectivity index (χ4n) is 3.91. The van der Waals surface area contributed by atoms with Crippen molar-refractivity contribution in [3.63, 3.8) is 0 Å². The highest BCUT2D eigenvalue weighted by molar-refractivity contribution is 7.07. The summed E-state index contributed by atoms with van der Waals surface area (Å²) in [5, 5.41) is 25.5. The van der Waals surface area contributed by atoms with E-state index >= 15 is 0 Å². The van der Waals surface area contributed by atoms with Crippen LogP contribution in [-0.2, 0) is 16.1 Å². The van der Waals surface area contributed by atoms with E-state index in [1.54, 1.807) is 27.9 Å². The molecule has 2 amide bonds. The monoisotopic (exact) mass is 476 g/mol. The minimum atomic E-state index is -1.44. The van der Waals surface area contributed by atoms with Crippen molar-refractivity contribution in [2.24, 2.45) is 0 Å². The number of rotatable bonds is 8. The lowest BCUT2D eigenvalue weighted by Gasteiger charge is -2.26. The summed E-state index contributed by atoms with van der Waals surface area (Å²) in [6, 6.07) is 7.38. The average Bonchev–Trinajstić information content (AvgIpc) is 3.46. The van der Waals surface area contributed by atoms with Crippen LogP contribution < -0.4 is 10.1 Å².